The van der Waals surface area contributed by atoms with Crippen molar-refractivity contribution in [2.45, 2.75) is 61.7 Å². The lowest BCUT2D eigenvalue weighted by Gasteiger charge is -2.44. The number of nitrogens with zero attached hydrogens (tertiary/aromatic N) is 5. The second kappa shape index (κ2) is 12.0. The van der Waals surface area contributed by atoms with Crippen LogP contribution in [0.2, 0.25) is 0 Å². The first kappa shape index (κ1) is 29.2. The molecule has 3 aromatic rings. The molecule has 0 N–H and O–H groups in total. The fourth-order valence-corrected chi connectivity index (χ4v) is 8.71. The van der Waals surface area contributed by atoms with E-state index in [1.54, 1.807) is 23.5 Å². The largest absolute Gasteiger partial charge is 0.497 e. The number of carbonyl (C=O) groups excluding carboxylic acids is 1. The fraction of sp³-hybridized carbons (Fsp3) is 0.531. The van der Waals surface area contributed by atoms with Crippen LogP contribution in [-0.4, -0.2) is 104 Å². The van der Waals surface area contributed by atoms with Gasteiger partial charge in [-0.15, -0.1) is 0 Å². The second-order valence-electron chi connectivity index (χ2n) is 12.2. The lowest BCUT2D eigenvalue weighted by molar-refractivity contribution is -0.134. The molecule has 0 radical (unpaired) electrons. The number of aromatic nitrogens is 1. The maximum Gasteiger partial charge on any atom is 0.243 e. The van der Waals surface area contributed by atoms with Gasteiger partial charge in [0, 0.05) is 76.7 Å². The average Bonchev–Trinajstić information content (AvgIpc) is 3.50. The van der Waals surface area contributed by atoms with Gasteiger partial charge in [-0.3, -0.25) is 9.69 Å². The Balaban J connectivity index is 1.21. The molecule has 1 aliphatic carbocycles. The van der Waals surface area contributed by atoms with Crippen LogP contribution in [0.3, 0.4) is 0 Å². The van der Waals surface area contributed by atoms with Crippen LogP contribution in [0, 0.1) is 0 Å². The summed E-state index contributed by atoms with van der Waals surface area (Å²) >= 11 is 0. The molecule has 0 bridgehead atoms. The summed E-state index contributed by atoms with van der Waals surface area (Å²) in [5.41, 5.74) is 0.871. The Bertz CT molecular complexity index is 1530. The minimum absolute atomic E-state index is 0.00415. The van der Waals surface area contributed by atoms with Gasteiger partial charge in [0.15, 0.2) is 0 Å². The minimum atomic E-state index is -3.86. The van der Waals surface area contributed by atoms with Crippen molar-refractivity contribution < 1.29 is 17.9 Å². The van der Waals surface area contributed by atoms with E-state index in [0.717, 1.165) is 67.7 Å². The number of likely N-dealkylation sites (N-methyl/N-ethyl adjacent to an activating group) is 1. The zero-order valence-electron chi connectivity index (χ0n) is 25.0. The highest BCUT2D eigenvalue weighted by atomic mass is 32.2. The summed E-state index contributed by atoms with van der Waals surface area (Å²) < 4.78 is 37.3. The molecule has 1 saturated heterocycles. The Morgan fingerprint density at radius 1 is 0.976 bits per heavy atom. The monoisotopic (exact) mass is 593 g/mol. The number of fused-ring (bicyclic) bond motifs is 2. The standard InChI is InChI=1S/C32H43N5O4S/c1-33-14-16-35(17-15-33)27-7-4-6-26(22-27)34(2)32(38)23-31-30-8-5-13-36(30)18-19-37(31)42(39,40)29-12-10-24-20-28(41-3)11-9-25(24)21-29/h5,8-13,20-21,26-27,31H,4,6-7,14-19,22-23H2,1-3H3/t26-,27+,31?/m1/s1. The molecule has 226 valence electrons. The minimum Gasteiger partial charge on any atom is -0.497 e. The van der Waals surface area contributed by atoms with Gasteiger partial charge in [-0.1, -0.05) is 12.1 Å². The topological polar surface area (TPSA) is 78.3 Å². The molecular formula is C32H43N5O4S. The van der Waals surface area contributed by atoms with Gasteiger partial charge >= 0.3 is 0 Å². The van der Waals surface area contributed by atoms with Crippen molar-refractivity contribution >= 4 is 26.7 Å². The Labute approximate surface area is 249 Å². The van der Waals surface area contributed by atoms with Crippen molar-refractivity contribution in [2.75, 3.05) is 53.9 Å². The summed E-state index contributed by atoms with van der Waals surface area (Å²) in [5.74, 6) is 0.731. The van der Waals surface area contributed by atoms with Crippen LogP contribution in [0.1, 0.15) is 43.8 Å². The number of amides is 1. The van der Waals surface area contributed by atoms with Gasteiger partial charge in [-0.05, 0) is 79.9 Å². The molecule has 42 heavy (non-hydrogen) atoms. The van der Waals surface area contributed by atoms with Gasteiger partial charge in [0.25, 0.3) is 0 Å². The first-order valence-electron chi connectivity index (χ1n) is 15.2. The number of hydrogen-bond acceptors (Lipinski definition) is 6. The van der Waals surface area contributed by atoms with Crippen LogP contribution in [0.4, 0.5) is 0 Å². The van der Waals surface area contributed by atoms with E-state index in [1.165, 1.54) is 6.42 Å². The highest BCUT2D eigenvalue weighted by molar-refractivity contribution is 7.89. The zero-order valence-corrected chi connectivity index (χ0v) is 25.8. The summed E-state index contributed by atoms with van der Waals surface area (Å²) in [5, 5.41) is 1.74. The number of hydrogen-bond donors (Lipinski definition) is 0. The van der Waals surface area contributed by atoms with Crippen molar-refractivity contribution in [1.29, 1.82) is 0 Å². The third-order valence-electron chi connectivity index (χ3n) is 9.72. The number of piperazine rings is 1. The van der Waals surface area contributed by atoms with Crippen molar-refractivity contribution in [2.24, 2.45) is 0 Å². The highest BCUT2D eigenvalue weighted by Crippen LogP contribution is 2.36. The summed E-state index contributed by atoms with van der Waals surface area (Å²) in [6.45, 7) is 5.23. The molecule has 2 aromatic carbocycles. The summed E-state index contributed by atoms with van der Waals surface area (Å²) in [6.07, 6.45) is 6.38. The molecule has 2 fully saturated rings. The van der Waals surface area contributed by atoms with E-state index in [4.69, 9.17) is 4.74 Å². The molecule has 10 heteroatoms. The molecule has 1 aromatic heterocycles. The highest BCUT2D eigenvalue weighted by Gasteiger charge is 2.39. The van der Waals surface area contributed by atoms with Crippen LogP contribution in [0.5, 0.6) is 5.75 Å². The smallest absolute Gasteiger partial charge is 0.243 e. The predicted molar refractivity (Wildman–Crippen MR) is 164 cm³/mol. The maximum atomic E-state index is 14.1. The predicted octanol–water partition coefficient (Wildman–Crippen LogP) is 3.80. The number of sulfonamides is 1. The van der Waals surface area contributed by atoms with E-state index in [-0.39, 0.29) is 23.3 Å². The van der Waals surface area contributed by atoms with E-state index >= 15 is 0 Å². The first-order chi connectivity index (χ1) is 20.2. The van der Waals surface area contributed by atoms with Gasteiger partial charge in [0.05, 0.1) is 18.0 Å². The van der Waals surface area contributed by atoms with Crippen LogP contribution >= 0.6 is 0 Å². The molecule has 6 rings (SSSR count). The normalized spacial score (nSPS) is 24.4. The Kier molecular flexibility index (Phi) is 8.33. The lowest BCUT2D eigenvalue weighted by atomic mass is 9.88. The summed E-state index contributed by atoms with van der Waals surface area (Å²) in [6, 6.07) is 14.8. The van der Waals surface area contributed by atoms with Crippen LogP contribution < -0.4 is 4.74 Å². The van der Waals surface area contributed by atoms with Crippen molar-refractivity contribution in [3.63, 3.8) is 0 Å². The van der Waals surface area contributed by atoms with Gasteiger partial charge in [0.2, 0.25) is 15.9 Å². The molecule has 9 nitrogen and oxygen atoms in total. The molecule has 0 spiro atoms. The number of rotatable bonds is 7. The molecule has 1 amide bonds. The van der Waals surface area contributed by atoms with E-state index in [1.807, 2.05) is 54.5 Å². The molecule has 3 heterocycles. The molecular weight excluding hydrogens is 550 g/mol. The Morgan fingerprint density at radius 3 is 2.52 bits per heavy atom. The van der Waals surface area contributed by atoms with Crippen LogP contribution in [0.25, 0.3) is 10.8 Å². The van der Waals surface area contributed by atoms with E-state index in [9.17, 15) is 13.2 Å². The Morgan fingerprint density at radius 2 is 1.74 bits per heavy atom. The van der Waals surface area contributed by atoms with E-state index in [0.29, 0.717) is 19.1 Å². The first-order valence-corrected chi connectivity index (χ1v) is 16.6. The SMILES string of the molecule is COc1ccc2cc(S(=O)(=O)N3CCn4cccc4C3CC(=O)N(C)[C@@H]3CCC[C@H](N4CCN(C)CC4)C3)ccc2c1. The van der Waals surface area contributed by atoms with Crippen molar-refractivity contribution in [3.05, 3.63) is 60.4 Å². The molecule has 1 unspecified atom stereocenters. The van der Waals surface area contributed by atoms with Crippen LogP contribution in [-0.2, 0) is 21.4 Å². The molecule has 1 saturated carbocycles. The van der Waals surface area contributed by atoms with E-state index in [2.05, 4.69) is 21.4 Å². The van der Waals surface area contributed by atoms with Gasteiger partial charge in [0.1, 0.15) is 5.75 Å². The van der Waals surface area contributed by atoms with Gasteiger partial charge in [-0.25, -0.2) is 8.42 Å². The summed E-state index contributed by atoms with van der Waals surface area (Å²) in [4.78, 5) is 21.0. The second-order valence-corrected chi connectivity index (χ2v) is 14.0. The molecule has 3 aliphatic rings. The van der Waals surface area contributed by atoms with E-state index < -0.39 is 16.1 Å². The number of carbonyl (C=O) groups is 1. The number of ether oxygens (including phenoxy) is 1. The zero-order chi connectivity index (χ0) is 29.4. The van der Waals surface area contributed by atoms with Gasteiger partial charge < -0.3 is 19.1 Å². The fourth-order valence-electron chi connectivity index (χ4n) is 7.08. The maximum absolute atomic E-state index is 14.1. The van der Waals surface area contributed by atoms with Crippen molar-refractivity contribution in [1.82, 2.24) is 23.6 Å². The van der Waals surface area contributed by atoms with Gasteiger partial charge in [-0.2, -0.15) is 4.31 Å². The average molecular weight is 594 g/mol. The number of benzene rings is 2. The molecule has 3 atom stereocenters. The van der Waals surface area contributed by atoms with Crippen molar-refractivity contribution in [3.8, 4) is 5.75 Å². The number of methoxy groups -OCH3 is 1. The third-order valence-corrected chi connectivity index (χ3v) is 11.6. The van der Waals surface area contributed by atoms with Crippen LogP contribution in [0.15, 0.2) is 59.6 Å². The quantitative estimate of drug-likeness (QED) is 0.415. The lowest BCUT2D eigenvalue weighted by Crippen LogP contribution is -2.53. The molecule has 2 aliphatic heterocycles. The summed E-state index contributed by atoms with van der Waals surface area (Å²) in [7, 11) is 1.85. The third kappa shape index (κ3) is 5.69. The Hall–Kier alpha value is -2.92.